The Bertz CT molecular complexity index is 1040. The molecular formula is C23H20Cl2INO2. The van der Waals surface area contributed by atoms with E-state index in [1.165, 1.54) is 0 Å². The lowest BCUT2D eigenvalue weighted by molar-refractivity contribution is 0.267. The third kappa shape index (κ3) is 5.87. The normalized spacial score (nSPS) is 11.1. The summed E-state index contributed by atoms with van der Waals surface area (Å²) in [6.45, 7) is 4.81. The van der Waals surface area contributed by atoms with Gasteiger partial charge in [-0.1, -0.05) is 47.5 Å². The highest BCUT2D eigenvalue weighted by Gasteiger charge is 2.13. The zero-order chi connectivity index (χ0) is 20.8. The second-order valence-electron chi connectivity index (χ2n) is 6.33. The van der Waals surface area contributed by atoms with Crippen molar-refractivity contribution in [1.82, 2.24) is 0 Å². The molecule has 0 atom stereocenters. The molecule has 6 heteroatoms. The van der Waals surface area contributed by atoms with Gasteiger partial charge in [-0.3, -0.25) is 4.99 Å². The van der Waals surface area contributed by atoms with E-state index in [1.54, 1.807) is 6.21 Å². The lowest BCUT2D eigenvalue weighted by Gasteiger charge is -2.15. The van der Waals surface area contributed by atoms with Crippen LogP contribution in [0.1, 0.15) is 23.6 Å². The van der Waals surface area contributed by atoms with Crippen LogP contribution in [0.25, 0.3) is 0 Å². The first-order chi connectivity index (χ1) is 14.0. The Morgan fingerprint density at radius 3 is 2.52 bits per heavy atom. The predicted octanol–water partition coefficient (Wildman–Crippen LogP) is 7.63. The van der Waals surface area contributed by atoms with E-state index in [4.69, 9.17) is 32.7 Å². The summed E-state index contributed by atoms with van der Waals surface area (Å²) >= 11 is 14.7. The lowest BCUT2D eigenvalue weighted by Crippen LogP contribution is -2.03. The first-order valence-electron chi connectivity index (χ1n) is 9.10. The van der Waals surface area contributed by atoms with Crippen LogP contribution in [0.2, 0.25) is 10.0 Å². The van der Waals surface area contributed by atoms with Gasteiger partial charge >= 0.3 is 0 Å². The second kappa shape index (κ2) is 10.3. The van der Waals surface area contributed by atoms with Gasteiger partial charge in [-0.25, -0.2) is 0 Å². The number of halogens is 3. The highest BCUT2D eigenvalue weighted by molar-refractivity contribution is 14.1. The van der Waals surface area contributed by atoms with E-state index in [0.717, 1.165) is 25.9 Å². The topological polar surface area (TPSA) is 30.8 Å². The van der Waals surface area contributed by atoms with Crippen LogP contribution in [0.4, 0.5) is 5.69 Å². The van der Waals surface area contributed by atoms with Gasteiger partial charge in [-0.05, 0) is 77.9 Å². The molecule has 0 fully saturated rings. The molecule has 3 rings (SSSR count). The highest BCUT2D eigenvalue weighted by atomic mass is 127. The number of aliphatic imine (C=N–C) groups is 1. The van der Waals surface area contributed by atoms with Crippen LogP contribution >= 0.6 is 45.8 Å². The molecule has 0 bridgehead atoms. The molecule has 0 spiro atoms. The summed E-state index contributed by atoms with van der Waals surface area (Å²) in [7, 11) is 0. The van der Waals surface area contributed by atoms with Crippen LogP contribution in [0.3, 0.4) is 0 Å². The molecule has 0 amide bonds. The van der Waals surface area contributed by atoms with E-state index in [2.05, 4.69) is 27.6 Å². The fraction of sp³-hybridized carbons (Fsp3) is 0.174. The van der Waals surface area contributed by atoms with Gasteiger partial charge in [0.1, 0.15) is 6.61 Å². The maximum absolute atomic E-state index is 6.24. The Morgan fingerprint density at radius 1 is 1.00 bits per heavy atom. The van der Waals surface area contributed by atoms with Crippen molar-refractivity contribution in [2.75, 3.05) is 6.61 Å². The first-order valence-corrected chi connectivity index (χ1v) is 10.9. The van der Waals surface area contributed by atoms with E-state index in [0.29, 0.717) is 34.8 Å². The van der Waals surface area contributed by atoms with Gasteiger partial charge in [0.05, 0.1) is 15.9 Å². The van der Waals surface area contributed by atoms with Gasteiger partial charge in [-0.2, -0.15) is 0 Å². The maximum atomic E-state index is 6.24. The second-order valence-corrected chi connectivity index (χ2v) is 8.31. The molecule has 0 radical (unpaired) electrons. The third-order valence-electron chi connectivity index (χ3n) is 4.18. The van der Waals surface area contributed by atoms with Crippen molar-refractivity contribution in [3.8, 4) is 11.5 Å². The minimum Gasteiger partial charge on any atom is -0.490 e. The molecule has 0 aliphatic heterocycles. The van der Waals surface area contributed by atoms with Crippen LogP contribution in [0, 0.1) is 10.5 Å². The minimum absolute atomic E-state index is 0.366. The highest BCUT2D eigenvalue weighted by Crippen LogP contribution is 2.35. The monoisotopic (exact) mass is 539 g/mol. The Hall–Kier alpha value is -1.76. The summed E-state index contributed by atoms with van der Waals surface area (Å²) in [6, 6.07) is 17.3. The molecule has 0 saturated heterocycles. The van der Waals surface area contributed by atoms with E-state index >= 15 is 0 Å². The van der Waals surface area contributed by atoms with Crippen molar-refractivity contribution in [2.45, 2.75) is 20.5 Å². The largest absolute Gasteiger partial charge is 0.490 e. The van der Waals surface area contributed by atoms with E-state index in [-0.39, 0.29) is 0 Å². The number of hydrogen-bond acceptors (Lipinski definition) is 3. The fourth-order valence-corrected chi connectivity index (χ4v) is 3.79. The summed E-state index contributed by atoms with van der Waals surface area (Å²) in [5.41, 5.74) is 3.67. The summed E-state index contributed by atoms with van der Waals surface area (Å²) in [5.74, 6) is 1.37. The SMILES string of the molecule is CCOc1cc(C=Nc2ccc(C)c(Cl)c2)cc(I)c1OCc1ccccc1Cl. The van der Waals surface area contributed by atoms with Crippen molar-refractivity contribution in [1.29, 1.82) is 0 Å². The predicted molar refractivity (Wildman–Crippen MR) is 130 cm³/mol. The standard InChI is InChI=1S/C23H20Cl2INO2/c1-3-28-22-11-16(13-27-18-9-8-15(2)20(25)12-18)10-21(26)23(22)29-14-17-6-4-5-7-19(17)24/h4-13H,3,14H2,1-2H3. The smallest absolute Gasteiger partial charge is 0.175 e. The van der Waals surface area contributed by atoms with Crippen molar-refractivity contribution < 1.29 is 9.47 Å². The minimum atomic E-state index is 0.366. The van der Waals surface area contributed by atoms with Crippen LogP contribution in [0.15, 0.2) is 59.6 Å². The van der Waals surface area contributed by atoms with Crippen LogP contribution in [-0.4, -0.2) is 12.8 Å². The van der Waals surface area contributed by atoms with Gasteiger partial charge in [0.2, 0.25) is 0 Å². The molecule has 3 aromatic rings. The average molecular weight is 540 g/mol. The lowest BCUT2D eigenvalue weighted by atomic mass is 10.2. The van der Waals surface area contributed by atoms with Gasteiger partial charge in [0, 0.05) is 21.8 Å². The molecule has 0 saturated carbocycles. The Balaban J connectivity index is 1.84. The maximum Gasteiger partial charge on any atom is 0.175 e. The molecule has 0 aliphatic rings. The number of aryl methyl sites for hydroxylation is 1. The molecule has 29 heavy (non-hydrogen) atoms. The third-order valence-corrected chi connectivity index (χ3v) is 5.76. The molecule has 0 aliphatic carbocycles. The van der Waals surface area contributed by atoms with E-state index < -0.39 is 0 Å². The van der Waals surface area contributed by atoms with Crippen LogP contribution in [0.5, 0.6) is 11.5 Å². The van der Waals surface area contributed by atoms with Gasteiger partial charge in [0.25, 0.3) is 0 Å². The number of benzene rings is 3. The molecule has 0 aromatic heterocycles. The summed E-state index contributed by atoms with van der Waals surface area (Å²) in [5, 5.41) is 1.38. The Kier molecular flexibility index (Phi) is 7.81. The average Bonchev–Trinajstić information content (AvgIpc) is 2.70. The number of nitrogens with zero attached hydrogens (tertiary/aromatic N) is 1. The van der Waals surface area contributed by atoms with Crippen molar-refractivity contribution in [2.24, 2.45) is 4.99 Å². The molecule has 0 heterocycles. The quantitative estimate of drug-likeness (QED) is 0.228. The first kappa shape index (κ1) is 21.9. The molecule has 3 aromatic carbocycles. The van der Waals surface area contributed by atoms with Crippen LogP contribution in [-0.2, 0) is 6.61 Å². The van der Waals surface area contributed by atoms with Gasteiger partial charge in [0.15, 0.2) is 11.5 Å². The van der Waals surface area contributed by atoms with Crippen molar-refractivity contribution in [3.05, 3.63) is 84.9 Å². The van der Waals surface area contributed by atoms with Gasteiger partial charge in [-0.15, -0.1) is 0 Å². The number of hydrogen-bond donors (Lipinski definition) is 0. The zero-order valence-electron chi connectivity index (χ0n) is 16.1. The molecule has 3 nitrogen and oxygen atoms in total. The Morgan fingerprint density at radius 2 is 1.79 bits per heavy atom. The summed E-state index contributed by atoms with van der Waals surface area (Å²) in [6.07, 6.45) is 1.80. The Labute approximate surface area is 194 Å². The fourth-order valence-electron chi connectivity index (χ4n) is 2.64. The summed E-state index contributed by atoms with van der Waals surface area (Å²) < 4.78 is 12.8. The van der Waals surface area contributed by atoms with Gasteiger partial charge < -0.3 is 9.47 Å². The molecule has 0 N–H and O–H groups in total. The van der Waals surface area contributed by atoms with Crippen molar-refractivity contribution in [3.63, 3.8) is 0 Å². The number of ether oxygens (including phenoxy) is 2. The molecular weight excluding hydrogens is 520 g/mol. The summed E-state index contributed by atoms with van der Waals surface area (Å²) in [4.78, 5) is 4.53. The zero-order valence-corrected chi connectivity index (χ0v) is 19.8. The molecule has 150 valence electrons. The van der Waals surface area contributed by atoms with Crippen molar-refractivity contribution >= 4 is 57.7 Å². The number of rotatable bonds is 7. The molecule has 0 unspecified atom stereocenters. The van der Waals surface area contributed by atoms with E-state index in [1.807, 2.05) is 68.4 Å². The van der Waals surface area contributed by atoms with E-state index in [9.17, 15) is 0 Å². The van der Waals surface area contributed by atoms with Crippen LogP contribution < -0.4 is 9.47 Å².